The van der Waals surface area contributed by atoms with Gasteiger partial charge in [-0.2, -0.15) is 50.5 Å². The number of amides is 1. The molecular formula is C89H115NO48S6. The average molecular weight is 2160 g/mol. The van der Waals surface area contributed by atoms with E-state index in [1.165, 1.54) is 93.6 Å². The maximum absolute atomic E-state index is 14.2. The SMILES string of the molecule is Cc1ccc(S(=O)(=O)OC[C@@H]2O[C@@H]3O[C@H]4[C@H](O)[C@@H](O)[C@@H](O[C@H]5[C@@H](O)[C@H](O)[C@@H](O[C@H]6[C@H](O)[C@H](O)[C@@H](O[C@H]7[C@H](O)[C@@H](O)[C@@H](O[C@H]8[C@H](O)[C@@H](O)[C@@H](O[C@H]9[C@H](O)[C@@H](O)[C@@H](O[C@H]2[C@H](O)[C@H]3O)O[C@H]9COS(=O)(=O)c2ccc(C)cc2)O[C@H]8COS(=O)(=O)c2ccc(C)cc2)O[C@@H]7COS(=O)(=O)c2ccc(C)cc2)O[C@@H]6COS(=O)(=O)c2ccc(C)cc2)O[C@@H]5COS(=O)(=O)c2ccc(C)cc2)O[C@H]4CNC(=O)OC(C)(C)C)cc1. The molecule has 55 heteroatoms. The highest BCUT2D eigenvalue weighted by Gasteiger charge is 2.61. The number of nitrogens with one attached hydrogen (secondary N) is 1. The third kappa shape index (κ3) is 26.4. The number of benzene rings is 6. The first-order valence-electron chi connectivity index (χ1n) is 45.0. The lowest BCUT2D eigenvalue weighted by Crippen LogP contribution is -2.68. The zero-order valence-corrected chi connectivity index (χ0v) is 83.0. The number of hydrogen-bond acceptors (Lipinski definition) is 48. The van der Waals surface area contributed by atoms with Crippen LogP contribution in [-0.4, -0.2) is 395 Å². The Kier molecular flexibility index (Phi) is 36.0. The van der Waals surface area contributed by atoms with Gasteiger partial charge in [0.15, 0.2) is 44.0 Å². The van der Waals surface area contributed by atoms with Gasteiger partial charge >= 0.3 is 6.09 Å². The Morgan fingerprint density at radius 3 is 0.521 bits per heavy atom. The summed E-state index contributed by atoms with van der Waals surface area (Å²) in [5.74, 6) is 0. The minimum absolute atomic E-state index is 0.503. The largest absolute Gasteiger partial charge is 0.444 e. The molecule has 27 rings (SSSR count). The number of alkyl carbamates (subject to hydrolysis) is 1. The maximum Gasteiger partial charge on any atom is 0.407 e. The molecule has 21 aliphatic rings. The summed E-state index contributed by atoms with van der Waals surface area (Å²) in [7, 11) is -30.1. The topological polar surface area (TPSA) is 711 Å². The third-order valence-corrected chi connectivity index (χ3v) is 32.3. The van der Waals surface area contributed by atoms with Crippen molar-refractivity contribution in [1.29, 1.82) is 0 Å². The van der Waals surface area contributed by atoms with E-state index in [-0.39, 0.29) is 0 Å². The van der Waals surface area contributed by atoms with Gasteiger partial charge in [0, 0.05) is 6.54 Å². The highest BCUT2D eigenvalue weighted by molar-refractivity contribution is 7.88. The second-order valence-electron chi connectivity index (χ2n) is 36.6. The Balaban J connectivity index is 0.890. The molecule has 800 valence electrons. The quantitative estimate of drug-likeness (QED) is 0.0236. The minimum atomic E-state index is -5.02. The summed E-state index contributed by atoms with van der Waals surface area (Å²) in [5.41, 5.74) is 2.07. The van der Waals surface area contributed by atoms with Gasteiger partial charge in [-0.25, -0.2) is 4.79 Å². The molecule has 0 aromatic heterocycles. The average Bonchev–Trinajstić information content (AvgIpc) is 0.786. The van der Waals surface area contributed by atoms with Crippen LogP contribution in [0.4, 0.5) is 4.79 Å². The first-order chi connectivity index (χ1) is 67.6. The van der Waals surface area contributed by atoms with Crippen LogP contribution in [0.1, 0.15) is 54.2 Å². The second-order valence-corrected chi connectivity index (χ2v) is 46.3. The number of aliphatic hydroxyl groups is 14. The fraction of sp³-hybridized carbons (Fsp3) is 0.584. The van der Waals surface area contributed by atoms with E-state index in [9.17, 15) is 127 Å². The summed E-state index contributed by atoms with van der Waals surface area (Å²) >= 11 is 0. The van der Waals surface area contributed by atoms with Crippen LogP contribution in [0.3, 0.4) is 0 Å². The zero-order valence-electron chi connectivity index (χ0n) is 78.1. The smallest absolute Gasteiger partial charge is 0.407 e. The number of carbonyl (C=O) groups excluding carboxylic acids is 1. The molecule has 1 amide bonds. The molecule has 49 nitrogen and oxygen atoms in total. The van der Waals surface area contributed by atoms with Crippen molar-refractivity contribution < 1.29 is 223 Å². The first kappa shape index (κ1) is 113. The monoisotopic (exact) mass is 2160 g/mol. The highest BCUT2D eigenvalue weighted by Crippen LogP contribution is 2.42. The van der Waals surface area contributed by atoms with Gasteiger partial charge < -0.3 is 148 Å². The van der Waals surface area contributed by atoms with Crippen molar-refractivity contribution >= 4 is 66.8 Å². The summed E-state index contributed by atoms with van der Waals surface area (Å²) in [6.07, 6.45) is -88.7. The standard InChI is InChI=1S/C89H115NO48S6/c1-41-10-22-47(23-11-41)139(106,107)118-35-54-75-62(93)69(100)83(126-54)134-77-56(37-120-141(110,111)49-26-14-43(3)15-27-49)128-85(71(102)64(77)95)136-79-58(39-122-143(114,115)51-30-18-45(5)19-31-51)130-87(73(104)66(79)97)137-80-59(40-123-144(116,117)52-32-20-46(6)21-33-52)129-86(72(103)65(80)96)135-78-57(38-121-142(112,113)50-28-16-44(4)17-29-50)127-84(70(101)63(78)94)133-76-55(36-119-140(108,109)48-24-12-42(2)13-25-48)125-82(68(99)61(76)92)131-74-53(34-90-88(105)138-89(7,8)9)124-81(132-75)67(98)60(74)91/h10-33,53-87,91-104H,34-40H2,1-9H3,(H,90,105)/t53-,54+,55-,56+,57-,58+,59-,60+,61+,62-,63+,64+,65+,66+,67+,68+,69-,70+,71-,72+,73+,74+,75+,76+,77+,78+,79+,80+,81+,82+,83+,84+,85+,86+,87+/m0/s1. The zero-order chi connectivity index (χ0) is 105. The molecule has 21 heterocycles. The Labute approximate surface area is 827 Å². The molecule has 15 N–H and O–H groups in total. The second kappa shape index (κ2) is 46.0. The molecular weight excluding hydrogens is 2040 g/mol. The van der Waals surface area contributed by atoms with Crippen LogP contribution in [0.2, 0.25) is 0 Å². The van der Waals surface area contributed by atoms with Crippen molar-refractivity contribution in [1.82, 2.24) is 5.32 Å². The fourth-order valence-electron chi connectivity index (χ4n) is 16.4. The highest BCUT2D eigenvalue weighted by atomic mass is 32.2. The van der Waals surface area contributed by atoms with Crippen molar-refractivity contribution in [2.75, 3.05) is 46.2 Å². The lowest BCUT2D eigenvalue weighted by atomic mass is 9.95. The molecule has 0 radical (unpaired) electrons. The van der Waals surface area contributed by atoms with Crippen molar-refractivity contribution in [3.8, 4) is 0 Å². The predicted molar refractivity (Wildman–Crippen MR) is 479 cm³/mol. The van der Waals surface area contributed by atoms with E-state index in [4.69, 9.17) is 96.2 Å². The molecule has 0 unspecified atom stereocenters. The van der Waals surface area contributed by atoms with E-state index < -0.39 is 363 Å². The van der Waals surface area contributed by atoms with Gasteiger partial charge in [-0.1, -0.05) is 106 Å². The molecule has 35 atom stereocenters. The van der Waals surface area contributed by atoms with E-state index in [2.05, 4.69) is 5.32 Å². The van der Waals surface area contributed by atoms with Crippen LogP contribution in [0, 0.1) is 41.5 Å². The molecule has 21 saturated heterocycles. The molecule has 144 heavy (non-hydrogen) atoms. The van der Waals surface area contributed by atoms with E-state index in [0.717, 1.165) is 72.8 Å². The van der Waals surface area contributed by atoms with Crippen LogP contribution in [0.15, 0.2) is 175 Å². The van der Waals surface area contributed by atoms with Crippen molar-refractivity contribution in [3.63, 3.8) is 0 Å². The van der Waals surface area contributed by atoms with Gasteiger partial charge in [0.1, 0.15) is 177 Å². The van der Waals surface area contributed by atoms with Crippen LogP contribution >= 0.6 is 0 Å². The lowest BCUT2D eigenvalue weighted by molar-refractivity contribution is -0.395. The maximum atomic E-state index is 14.2. The summed E-state index contributed by atoms with van der Waals surface area (Å²) in [6, 6.07) is 29.9. The third-order valence-electron chi connectivity index (χ3n) is 24.6. The molecule has 0 spiro atoms. The van der Waals surface area contributed by atoms with Crippen LogP contribution in [-0.2, 0) is 157 Å². The number of aryl methyl sites for hydroxylation is 6. The van der Waals surface area contributed by atoms with E-state index in [0.29, 0.717) is 33.4 Å². The lowest BCUT2D eigenvalue weighted by Gasteiger charge is -2.50. The molecule has 6 aromatic carbocycles. The summed E-state index contributed by atoms with van der Waals surface area (Å²) in [4.78, 5) is 10.6. The number of aliphatic hydroxyl groups excluding tert-OH is 14. The molecule has 21 fully saturated rings. The van der Waals surface area contributed by atoms with Crippen LogP contribution in [0.5, 0.6) is 0 Å². The molecule has 6 aromatic rings. The number of rotatable bonds is 26. The van der Waals surface area contributed by atoms with Crippen LogP contribution < -0.4 is 5.32 Å². The number of ether oxygens (including phenoxy) is 15. The van der Waals surface area contributed by atoms with Gasteiger partial charge in [0.2, 0.25) is 0 Å². The normalized spacial score (nSPS) is 35.7. The Hall–Kier alpha value is -7.07. The fourth-order valence-corrected chi connectivity index (χ4v) is 21.9. The van der Waals surface area contributed by atoms with E-state index in [1.807, 2.05) is 0 Å². The molecule has 21 aliphatic heterocycles. The Morgan fingerprint density at radius 2 is 0.375 bits per heavy atom. The van der Waals surface area contributed by atoms with Crippen molar-refractivity contribution in [2.24, 2.45) is 0 Å². The summed E-state index contributed by atoms with van der Waals surface area (Å²) in [5, 5.41) is 178. The summed E-state index contributed by atoms with van der Waals surface area (Å²) in [6.45, 7) is 4.87. The van der Waals surface area contributed by atoms with Gasteiger partial charge in [0.05, 0.1) is 69.0 Å². The summed E-state index contributed by atoms with van der Waals surface area (Å²) < 4.78 is 296. The van der Waals surface area contributed by atoms with Crippen molar-refractivity contribution in [3.05, 3.63) is 179 Å². The van der Waals surface area contributed by atoms with Gasteiger partial charge in [-0.3, -0.25) is 25.1 Å². The minimum Gasteiger partial charge on any atom is -0.444 e. The molecule has 0 saturated carbocycles. The van der Waals surface area contributed by atoms with Crippen LogP contribution in [0.25, 0.3) is 0 Å². The predicted octanol–water partition coefficient (Wildman–Crippen LogP) is -3.37. The van der Waals surface area contributed by atoms with Crippen molar-refractivity contribution in [2.45, 2.75) is 312 Å². The first-order valence-corrected chi connectivity index (χ1v) is 53.5. The van der Waals surface area contributed by atoms with E-state index in [1.54, 1.807) is 41.5 Å². The van der Waals surface area contributed by atoms with E-state index >= 15 is 0 Å². The Bertz CT molecular complexity index is 5770. The number of carbonyl (C=O) groups is 1. The van der Waals surface area contributed by atoms with Gasteiger partial charge in [-0.15, -0.1) is 0 Å². The number of hydrogen-bond donors (Lipinski definition) is 15. The molecule has 14 bridgehead atoms. The van der Waals surface area contributed by atoms with Gasteiger partial charge in [-0.05, 0) is 135 Å². The van der Waals surface area contributed by atoms with Gasteiger partial charge in [0.25, 0.3) is 60.7 Å². The Morgan fingerprint density at radius 1 is 0.236 bits per heavy atom. The molecule has 0 aliphatic carbocycles.